The van der Waals surface area contributed by atoms with Gasteiger partial charge in [0.15, 0.2) is 0 Å². The maximum Gasteiger partial charge on any atom is 0.106 e. The molecule has 0 saturated heterocycles. The van der Waals surface area contributed by atoms with E-state index in [2.05, 4.69) is 0 Å². The van der Waals surface area contributed by atoms with Crippen LogP contribution in [0.5, 0.6) is 0 Å². The molecule has 56 valence electrons. The third kappa shape index (κ3) is 1.36. The van der Waals surface area contributed by atoms with Crippen molar-refractivity contribution in [3.8, 4) is 0 Å². The third-order valence-corrected chi connectivity index (χ3v) is 2.59. The summed E-state index contributed by atoms with van der Waals surface area (Å²) in [5, 5.41) is 8.50. The van der Waals surface area contributed by atoms with Crippen LogP contribution in [0.3, 0.4) is 0 Å². The van der Waals surface area contributed by atoms with Gasteiger partial charge in [-0.05, 0) is 0 Å². The van der Waals surface area contributed by atoms with Gasteiger partial charge < -0.3 is 5.11 Å². The Bertz CT molecular complexity index is 176. The summed E-state index contributed by atoms with van der Waals surface area (Å²) in [6.07, 6.45) is 7.05. The van der Waals surface area contributed by atoms with Crippen LogP contribution in [0, 0.1) is 0 Å². The first-order chi connectivity index (χ1) is 4.69. The van der Waals surface area contributed by atoms with Gasteiger partial charge in [0.25, 0.3) is 0 Å². The molecule has 0 aliphatic heterocycles. The Morgan fingerprint density at radius 3 is 2.60 bits per heavy atom. The molecule has 3 heteroatoms. The molecule has 0 aromatic carbocycles. The number of allylic oxidation sites excluding steroid dienone is 3. The van der Waals surface area contributed by atoms with Gasteiger partial charge in [-0.2, -0.15) is 0 Å². The van der Waals surface area contributed by atoms with E-state index in [1.807, 2.05) is 6.08 Å². The summed E-state index contributed by atoms with van der Waals surface area (Å²) in [7, 11) is 0. The number of halogens is 2. The lowest BCUT2D eigenvalue weighted by Crippen LogP contribution is -2.34. The number of aliphatic hydroxyl groups is 1. The lowest BCUT2D eigenvalue weighted by molar-refractivity contribution is 0.267. The van der Waals surface area contributed by atoms with E-state index in [0.29, 0.717) is 0 Å². The molecular weight excluding hydrogens is 171 g/mol. The Hall–Kier alpha value is 0.0200. The molecule has 1 N–H and O–H groups in total. The van der Waals surface area contributed by atoms with Crippen molar-refractivity contribution in [3.05, 3.63) is 24.3 Å². The zero-order valence-electron chi connectivity index (χ0n) is 5.30. The number of rotatable bonds is 1. The smallest absolute Gasteiger partial charge is 0.106 e. The molecule has 0 spiro atoms. The highest BCUT2D eigenvalue weighted by Crippen LogP contribution is 2.29. The molecule has 1 nitrogen and oxygen atoms in total. The summed E-state index contributed by atoms with van der Waals surface area (Å²) < 4.78 is 0. The summed E-state index contributed by atoms with van der Waals surface area (Å²) in [4.78, 5) is -0.795. The van der Waals surface area contributed by atoms with E-state index in [4.69, 9.17) is 28.3 Å². The van der Waals surface area contributed by atoms with Crippen LogP contribution in [0.4, 0.5) is 0 Å². The fourth-order valence-corrected chi connectivity index (χ4v) is 1.14. The first kappa shape index (κ1) is 8.12. The minimum absolute atomic E-state index is 0.135. The first-order valence-electron chi connectivity index (χ1n) is 2.99. The van der Waals surface area contributed by atoms with Gasteiger partial charge in [0.05, 0.1) is 12.0 Å². The maximum absolute atomic E-state index is 8.82. The number of aliphatic hydroxyl groups excluding tert-OH is 1. The molecule has 2 atom stereocenters. The zero-order valence-corrected chi connectivity index (χ0v) is 6.81. The molecule has 0 aromatic heterocycles. The van der Waals surface area contributed by atoms with E-state index in [9.17, 15) is 0 Å². The fourth-order valence-electron chi connectivity index (χ4n) is 0.769. The number of hydrogen-bond donors (Lipinski definition) is 1. The average molecular weight is 179 g/mol. The molecular formula is C7H8Cl2O. The Morgan fingerprint density at radius 2 is 2.20 bits per heavy atom. The van der Waals surface area contributed by atoms with Crippen LogP contribution in [0.1, 0.15) is 0 Å². The lowest BCUT2D eigenvalue weighted by Gasteiger charge is -2.25. The minimum Gasteiger partial charge on any atom is -0.394 e. The Kier molecular flexibility index (Phi) is 2.40. The molecule has 0 fully saturated rings. The van der Waals surface area contributed by atoms with Gasteiger partial charge in [-0.15, -0.1) is 23.2 Å². The van der Waals surface area contributed by atoms with Crippen LogP contribution < -0.4 is 0 Å². The second-order valence-corrected chi connectivity index (χ2v) is 3.40. The summed E-state index contributed by atoms with van der Waals surface area (Å²) in [5.74, 6) is 0. The van der Waals surface area contributed by atoms with E-state index in [1.54, 1.807) is 18.2 Å². The van der Waals surface area contributed by atoms with E-state index < -0.39 is 4.87 Å². The highest BCUT2D eigenvalue weighted by atomic mass is 35.5. The fraction of sp³-hybridized carbons (Fsp3) is 0.429. The van der Waals surface area contributed by atoms with E-state index in [0.717, 1.165) is 0 Å². The highest BCUT2D eigenvalue weighted by Gasteiger charge is 2.31. The number of hydrogen-bond acceptors (Lipinski definition) is 1. The molecule has 1 aliphatic rings. The molecule has 10 heavy (non-hydrogen) atoms. The van der Waals surface area contributed by atoms with Crippen LogP contribution in [-0.4, -0.2) is 22.0 Å². The summed E-state index contributed by atoms with van der Waals surface area (Å²) in [5.41, 5.74) is 0. The van der Waals surface area contributed by atoms with Gasteiger partial charge in [-0.1, -0.05) is 24.3 Å². The summed E-state index contributed by atoms with van der Waals surface area (Å²) >= 11 is 11.7. The molecule has 0 heterocycles. The molecule has 0 aromatic rings. The van der Waals surface area contributed by atoms with Crippen molar-refractivity contribution in [2.24, 2.45) is 0 Å². The third-order valence-electron chi connectivity index (χ3n) is 1.47. The van der Waals surface area contributed by atoms with E-state index >= 15 is 0 Å². The van der Waals surface area contributed by atoms with Crippen LogP contribution in [0.2, 0.25) is 0 Å². The molecule has 0 amide bonds. The topological polar surface area (TPSA) is 20.2 Å². The molecule has 1 aliphatic carbocycles. The summed E-state index contributed by atoms with van der Waals surface area (Å²) in [6, 6.07) is 0. The van der Waals surface area contributed by atoms with Gasteiger partial charge in [-0.25, -0.2) is 0 Å². The van der Waals surface area contributed by atoms with Crippen molar-refractivity contribution in [2.75, 3.05) is 6.61 Å². The van der Waals surface area contributed by atoms with Crippen LogP contribution >= 0.6 is 23.2 Å². The number of alkyl halides is 2. The Balaban J connectivity index is 2.77. The van der Waals surface area contributed by atoms with Crippen molar-refractivity contribution in [2.45, 2.75) is 10.3 Å². The van der Waals surface area contributed by atoms with Crippen molar-refractivity contribution in [1.82, 2.24) is 0 Å². The normalized spacial score (nSPS) is 38.5. The van der Waals surface area contributed by atoms with E-state index in [-0.39, 0.29) is 12.0 Å². The van der Waals surface area contributed by atoms with Crippen LogP contribution in [0.15, 0.2) is 24.3 Å². The first-order valence-corrected chi connectivity index (χ1v) is 3.80. The monoisotopic (exact) mass is 178 g/mol. The van der Waals surface area contributed by atoms with Gasteiger partial charge in [0.2, 0.25) is 0 Å². The maximum atomic E-state index is 8.82. The quantitative estimate of drug-likeness (QED) is 0.607. The predicted molar refractivity (Wildman–Crippen MR) is 43.6 cm³/mol. The van der Waals surface area contributed by atoms with Crippen molar-refractivity contribution >= 4 is 23.2 Å². The Morgan fingerprint density at radius 1 is 1.50 bits per heavy atom. The van der Waals surface area contributed by atoms with Gasteiger partial charge in [0.1, 0.15) is 4.87 Å². The largest absolute Gasteiger partial charge is 0.394 e. The standard InChI is InChI=1S/C7H8Cl2O/c8-6-3-1-2-4-7(6,9)5-10/h1-4,6,10H,5H2. The van der Waals surface area contributed by atoms with Crippen molar-refractivity contribution < 1.29 is 5.11 Å². The second kappa shape index (κ2) is 2.95. The SMILES string of the molecule is OCC1(Cl)C=CC=CC1Cl. The van der Waals surface area contributed by atoms with Crippen LogP contribution in [0.25, 0.3) is 0 Å². The predicted octanol–water partition coefficient (Wildman–Crippen LogP) is 1.69. The Labute approximate surface area is 69.9 Å². The minimum atomic E-state index is -0.795. The average Bonchev–Trinajstić information content (AvgIpc) is 1.96. The summed E-state index contributed by atoms with van der Waals surface area (Å²) in [6.45, 7) is -0.135. The second-order valence-electron chi connectivity index (χ2n) is 2.23. The van der Waals surface area contributed by atoms with Gasteiger partial charge >= 0.3 is 0 Å². The van der Waals surface area contributed by atoms with Crippen molar-refractivity contribution in [3.63, 3.8) is 0 Å². The molecule has 1 rings (SSSR count). The molecule has 0 saturated carbocycles. The van der Waals surface area contributed by atoms with E-state index in [1.165, 1.54) is 0 Å². The van der Waals surface area contributed by atoms with Crippen LogP contribution in [-0.2, 0) is 0 Å². The zero-order chi connectivity index (χ0) is 7.61. The van der Waals surface area contributed by atoms with Gasteiger partial charge in [-0.3, -0.25) is 0 Å². The molecule has 2 unspecified atom stereocenters. The van der Waals surface area contributed by atoms with Gasteiger partial charge in [0, 0.05) is 0 Å². The highest BCUT2D eigenvalue weighted by molar-refractivity contribution is 6.34. The molecule has 0 radical (unpaired) electrons. The lowest BCUT2D eigenvalue weighted by atomic mass is 10.0. The molecule has 0 bridgehead atoms. The van der Waals surface area contributed by atoms with Crippen molar-refractivity contribution in [1.29, 1.82) is 0 Å².